The van der Waals surface area contributed by atoms with Gasteiger partial charge in [0.15, 0.2) is 5.76 Å². The van der Waals surface area contributed by atoms with Crippen molar-refractivity contribution in [1.82, 2.24) is 5.32 Å². The number of amides is 1. The number of carbonyl (C=O) groups excluding carboxylic acids is 1. The monoisotopic (exact) mass is 354 g/mol. The molecule has 4 nitrogen and oxygen atoms in total. The van der Waals surface area contributed by atoms with Gasteiger partial charge in [0.2, 0.25) is 0 Å². The molecule has 26 heavy (non-hydrogen) atoms. The largest absolute Gasteiger partial charge is 0.450 e. The van der Waals surface area contributed by atoms with E-state index in [1.165, 1.54) is 0 Å². The van der Waals surface area contributed by atoms with Gasteiger partial charge >= 0.3 is 0 Å². The molecule has 1 heterocycles. The maximum Gasteiger partial charge on any atom is 0.288 e. The van der Waals surface area contributed by atoms with Crippen molar-refractivity contribution in [3.8, 4) is 6.07 Å². The second-order valence-corrected chi connectivity index (χ2v) is 6.16. The number of nitriles is 1. The second kappa shape index (κ2) is 6.60. The van der Waals surface area contributed by atoms with Gasteiger partial charge in [0.05, 0.1) is 6.07 Å². The van der Waals surface area contributed by atoms with E-state index in [-0.39, 0.29) is 11.3 Å². The molecule has 132 valence electrons. The van der Waals surface area contributed by atoms with E-state index in [9.17, 15) is 18.8 Å². The van der Waals surface area contributed by atoms with E-state index in [4.69, 9.17) is 4.42 Å². The summed E-state index contributed by atoms with van der Waals surface area (Å²) in [5, 5.41) is 12.6. The smallest absolute Gasteiger partial charge is 0.288 e. The molecule has 3 aromatic rings. The molecule has 0 fully saturated rings. The molecule has 0 aliphatic rings. The third kappa shape index (κ3) is 2.93. The Morgan fingerprint density at radius 1 is 1.15 bits per heavy atom. The number of carbonyl (C=O) groups is 1. The van der Waals surface area contributed by atoms with Crippen LogP contribution in [0.4, 0.5) is 8.78 Å². The van der Waals surface area contributed by atoms with Gasteiger partial charge < -0.3 is 9.73 Å². The summed E-state index contributed by atoms with van der Waals surface area (Å²) in [6, 6.07) is 7.23. The van der Waals surface area contributed by atoms with Crippen molar-refractivity contribution in [1.29, 1.82) is 5.26 Å². The number of benzene rings is 2. The molecule has 0 radical (unpaired) electrons. The molecule has 0 saturated heterocycles. The Balaban J connectivity index is 1.98. The lowest BCUT2D eigenvalue weighted by Crippen LogP contribution is -2.28. The van der Waals surface area contributed by atoms with Crippen LogP contribution in [0.1, 0.15) is 38.9 Å². The quantitative estimate of drug-likeness (QED) is 0.746. The number of nitrogens with one attached hydrogen (secondary N) is 1. The fraction of sp³-hybridized carbons (Fsp3) is 0.200. The molecule has 0 aliphatic carbocycles. The van der Waals surface area contributed by atoms with Crippen molar-refractivity contribution in [3.05, 3.63) is 70.0 Å². The minimum Gasteiger partial charge on any atom is -0.450 e. The SMILES string of the molecule is Cc1ccc(C)c2c(C)c(C(=O)NC(C#N)c3ccc(F)cc3F)oc12. The summed E-state index contributed by atoms with van der Waals surface area (Å²) >= 11 is 0. The number of hydrogen-bond acceptors (Lipinski definition) is 3. The highest BCUT2D eigenvalue weighted by Crippen LogP contribution is 2.31. The van der Waals surface area contributed by atoms with E-state index in [1.807, 2.05) is 32.0 Å². The minimum atomic E-state index is -1.27. The van der Waals surface area contributed by atoms with Gasteiger partial charge in [0, 0.05) is 22.6 Å². The van der Waals surface area contributed by atoms with Gasteiger partial charge in [-0.2, -0.15) is 5.26 Å². The van der Waals surface area contributed by atoms with Crippen LogP contribution in [0.5, 0.6) is 0 Å². The van der Waals surface area contributed by atoms with Crippen molar-refractivity contribution in [3.63, 3.8) is 0 Å². The lowest BCUT2D eigenvalue weighted by Gasteiger charge is -2.12. The summed E-state index contributed by atoms with van der Waals surface area (Å²) in [5.41, 5.74) is 2.99. The van der Waals surface area contributed by atoms with Crippen molar-refractivity contribution in [2.24, 2.45) is 0 Å². The predicted octanol–water partition coefficient (Wildman–Crippen LogP) is 4.63. The van der Waals surface area contributed by atoms with Crippen LogP contribution in [-0.4, -0.2) is 5.91 Å². The first-order chi connectivity index (χ1) is 12.3. The first kappa shape index (κ1) is 17.6. The first-order valence-electron chi connectivity index (χ1n) is 7.98. The molecular weight excluding hydrogens is 338 g/mol. The van der Waals surface area contributed by atoms with Gasteiger partial charge in [0.1, 0.15) is 23.3 Å². The molecule has 0 spiro atoms. The van der Waals surface area contributed by atoms with Crippen LogP contribution < -0.4 is 5.32 Å². The number of nitrogens with zero attached hydrogens (tertiary/aromatic N) is 1. The maximum atomic E-state index is 13.9. The number of aryl methyl sites for hydroxylation is 3. The zero-order valence-corrected chi connectivity index (χ0v) is 14.5. The molecule has 6 heteroatoms. The summed E-state index contributed by atoms with van der Waals surface area (Å²) in [6.45, 7) is 5.55. The fourth-order valence-electron chi connectivity index (χ4n) is 3.00. The lowest BCUT2D eigenvalue weighted by atomic mass is 10.0. The minimum absolute atomic E-state index is 0.0696. The molecule has 3 rings (SSSR count). The van der Waals surface area contributed by atoms with Crippen molar-refractivity contribution < 1.29 is 18.0 Å². The Bertz CT molecular complexity index is 1060. The number of fused-ring (bicyclic) bond motifs is 1. The van der Waals surface area contributed by atoms with Crippen LogP contribution in [0.3, 0.4) is 0 Å². The molecule has 1 aromatic heterocycles. The topological polar surface area (TPSA) is 66.0 Å². The summed E-state index contributed by atoms with van der Waals surface area (Å²) in [7, 11) is 0. The summed E-state index contributed by atoms with van der Waals surface area (Å²) in [6.07, 6.45) is 0. The Morgan fingerprint density at radius 3 is 2.46 bits per heavy atom. The molecule has 1 amide bonds. The first-order valence-corrected chi connectivity index (χ1v) is 7.98. The number of rotatable bonds is 3. The zero-order valence-electron chi connectivity index (χ0n) is 14.5. The summed E-state index contributed by atoms with van der Waals surface area (Å²) in [4.78, 5) is 12.6. The van der Waals surface area contributed by atoms with Crippen molar-refractivity contribution in [2.45, 2.75) is 26.8 Å². The van der Waals surface area contributed by atoms with Crippen LogP contribution in [0, 0.1) is 43.7 Å². The van der Waals surface area contributed by atoms with Crippen LogP contribution in [0.15, 0.2) is 34.7 Å². The average molecular weight is 354 g/mol. The predicted molar refractivity (Wildman–Crippen MR) is 92.6 cm³/mol. The zero-order chi connectivity index (χ0) is 19.0. The molecule has 0 saturated carbocycles. The van der Waals surface area contributed by atoms with Gasteiger partial charge in [-0.3, -0.25) is 4.79 Å². The van der Waals surface area contributed by atoms with Crippen molar-refractivity contribution in [2.75, 3.05) is 0 Å². The van der Waals surface area contributed by atoms with Crippen LogP contribution in [0.25, 0.3) is 11.0 Å². The highest BCUT2D eigenvalue weighted by molar-refractivity contribution is 6.00. The van der Waals surface area contributed by atoms with E-state index in [0.29, 0.717) is 17.2 Å². The van der Waals surface area contributed by atoms with E-state index in [1.54, 1.807) is 6.92 Å². The normalized spacial score (nSPS) is 12.0. The Hall–Kier alpha value is -3.20. The molecule has 1 unspecified atom stereocenters. The Kier molecular flexibility index (Phi) is 4.47. The summed E-state index contributed by atoms with van der Waals surface area (Å²) < 4.78 is 32.7. The van der Waals surface area contributed by atoms with Gasteiger partial charge in [0.25, 0.3) is 5.91 Å². The van der Waals surface area contributed by atoms with Gasteiger partial charge in [-0.25, -0.2) is 8.78 Å². The van der Waals surface area contributed by atoms with E-state index in [0.717, 1.165) is 28.6 Å². The molecule has 2 aromatic carbocycles. The third-order valence-electron chi connectivity index (χ3n) is 4.37. The summed E-state index contributed by atoms with van der Waals surface area (Å²) in [5.74, 6) is -2.22. The van der Waals surface area contributed by atoms with Gasteiger partial charge in [-0.1, -0.05) is 18.2 Å². The van der Waals surface area contributed by atoms with Crippen LogP contribution in [-0.2, 0) is 0 Å². The number of hydrogen-bond donors (Lipinski definition) is 1. The highest BCUT2D eigenvalue weighted by atomic mass is 19.1. The molecule has 1 N–H and O–H groups in total. The Morgan fingerprint density at radius 2 is 1.85 bits per heavy atom. The third-order valence-corrected chi connectivity index (χ3v) is 4.37. The molecular formula is C20H16F2N2O2. The average Bonchev–Trinajstić information content (AvgIpc) is 2.95. The van der Waals surface area contributed by atoms with E-state index >= 15 is 0 Å². The maximum absolute atomic E-state index is 13.9. The fourth-order valence-corrected chi connectivity index (χ4v) is 3.00. The van der Waals surface area contributed by atoms with Gasteiger partial charge in [-0.05, 0) is 38.0 Å². The van der Waals surface area contributed by atoms with Crippen LogP contribution in [0.2, 0.25) is 0 Å². The molecule has 0 bridgehead atoms. The molecule has 0 aliphatic heterocycles. The lowest BCUT2D eigenvalue weighted by molar-refractivity contribution is 0.0918. The standard InChI is InChI=1S/C20H16F2N2O2/c1-10-4-5-11(2)18-17(10)12(3)19(26-18)20(25)24-16(9-23)14-7-6-13(21)8-15(14)22/h4-8,16H,1-3H3,(H,24,25). The Labute approximate surface area is 149 Å². The van der Waals surface area contributed by atoms with E-state index in [2.05, 4.69) is 5.32 Å². The second-order valence-electron chi connectivity index (χ2n) is 6.16. The number of furan rings is 1. The van der Waals surface area contributed by atoms with Crippen molar-refractivity contribution >= 4 is 16.9 Å². The molecule has 1 atom stereocenters. The highest BCUT2D eigenvalue weighted by Gasteiger charge is 2.24. The van der Waals surface area contributed by atoms with Crippen LogP contribution >= 0.6 is 0 Å². The number of halogens is 2. The van der Waals surface area contributed by atoms with Gasteiger partial charge in [-0.15, -0.1) is 0 Å². The van der Waals surface area contributed by atoms with E-state index < -0.39 is 23.6 Å².